The van der Waals surface area contributed by atoms with Gasteiger partial charge in [-0.05, 0) is 12.1 Å². The molecule has 1 aliphatic rings. The van der Waals surface area contributed by atoms with Crippen LogP contribution in [0.4, 0.5) is 30.8 Å². The smallest absolute Gasteiger partial charge is 0.323 e. The van der Waals surface area contributed by atoms with Crippen molar-refractivity contribution in [2.75, 3.05) is 28.6 Å². The van der Waals surface area contributed by atoms with Gasteiger partial charge in [0.25, 0.3) is 5.92 Å². The zero-order valence-electron chi connectivity index (χ0n) is 14.8. The van der Waals surface area contributed by atoms with Crippen LogP contribution in [0.15, 0.2) is 42.7 Å². The average Bonchev–Trinajstić information content (AvgIpc) is 3.05. The number of para-hydroxylation sites is 1. The lowest BCUT2D eigenvalue weighted by Crippen LogP contribution is -2.39. The summed E-state index contributed by atoms with van der Waals surface area (Å²) < 4.78 is 26.6. The summed E-state index contributed by atoms with van der Waals surface area (Å²) in [5.74, 6) is -2.19. The molecule has 1 fully saturated rings. The van der Waals surface area contributed by atoms with Crippen molar-refractivity contribution in [1.29, 1.82) is 0 Å². The predicted octanol–water partition coefficient (Wildman–Crippen LogP) is 5.10. The maximum atomic E-state index is 13.3. The molecule has 2 amide bonds. The third-order valence-electron chi connectivity index (χ3n) is 4.71. The van der Waals surface area contributed by atoms with Gasteiger partial charge in [0.2, 0.25) is 0 Å². The Labute approximate surface area is 164 Å². The molecule has 1 saturated heterocycles. The van der Waals surface area contributed by atoms with E-state index < -0.39 is 12.0 Å². The summed E-state index contributed by atoms with van der Waals surface area (Å²) in [6.45, 7) is 0.376. The van der Waals surface area contributed by atoms with Gasteiger partial charge < -0.3 is 20.5 Å². The zero-order valence-corrected chi connectivity index (χ0v) is 15.6. The topological polar surface area (TPSA) is 73.1 Å². The average molecular weight is 406 g/mol. The lowest BCUT2D eigenvalue weighted by Gasteiger charge is -2.33. The van der Waals surface area contributed by atoms with E-state index in [-0.39, 0.29) is 25.9 Å². The van der Waals surface area contributed by atoms with Crippen LogP contribution in [0.5, 0.6) is 0 Å². The van der Waals surface area contributed by atoms with Crippen molar-refractivity contribution in [3.8, 4) is 0 Å². The third-order valence-corrected chi connectivity index (χ3v) is 4.99. The highest BCUT2D eigenvalue weighted by Gasteiger charge is 2.34. The molecule has 6 nitrogen and oxygen atoms in total. The Morgan fingerprint density at radius 3 is 2.71 bits per heavy atom. The van der Waals surface area contributed by atoms with E-state index in [1.54, 1.807) is 17.2 Å². The number of aromatic nitrogens is 2. The van der Waals surface area contributed by atoms with Gasteiger partial charge in [-0.25, -0.2) is 18.6 Å². The normalized spacial score (nSPS) is 16.2. The number of carbonyl (C=O) groups is 1. The van der Waals surface area contributed by atoms with Crippen LogP contribution in [0.25, 0.3) is 10.9 Å². The number of pyridine rings is 1. The lowest BCUT2D eigenvalue weighted by atomic mass is 10.1. The number of hydrogen-bond acceptors (Lipinski definition) is 3. The second kappa shape index (κ2) is 7.27. The van der Waals surface area contributed by atoms with Gasteiger partial charge in [0.15, 0.2) is 0 Å². The standard InChI is InChI=1S/C19H18ClF2N5O/c20-14-9-12(10-24-17(14)27-7-5-19(21,22)6-8-27)25-18(28)26-16-11-23-15-4-2-1-3-13(15)16/h1-4,9-11,23H,5-8H2,(H2,25,26,28). The number of fused-ring (bicyclic) bond motifs is 1. The number of carbonyl (C=O) groups excluding carboxylic acids is 1. The van der Waals surface area contributed by atoms with Gasteiger partial charge in [-0.15, -0.1) is 0 Å². The van der Waals surface area contributed by atoms with Gasteiger partial charge in [0.1, 0.15) is 5.82 Å². The van der Waals surface area contributed by atoms with Crippen LogP contribution in [0, 0.1) is 0 Å². The summed E-state index contributed by atoms with van der Waals surface area (Å²) >= 11 is 6.27. The SMILES string of the molecule is O=C(Nc1cnc(N2CCC(F)(F)CC2)c(Cl)c1)Nc1c[nH]c2ccccc12. The Balaban J connectivity index is 1.42. The molecule has 1 aliphatic heterocycles. The van der Waals surface area contributed by atoms with Crippen molar-refractivity contribution in [2.45, 2.75) is 18.8 Å². The van der Waals surface area contributed by atoms with Crippen molar-refractivity contribution in [3.05, 3.63) is 47.7 Å². The Hall–Kier alpha value is -2.87. The van der Waals surface area contributed by atoms with Crippen molar-refractivity contribution >= 4 is 45.7 Å². The summed E-state index contributed by atoms with van der Waals surface area (Å²) in [7, 11) is 0. The number of rotatable bonds is 3. The van der Waals surface area contributed by atoms with E-state index in [9.17, 15) is 13.6 Å². The number of anilines is 3. The predicted molar refractivity (Wildman–Crippen MR) is 107 cm³/mol. The van der Waals surface area contributed by atoms with E-state index in [1.165, 1.54) is 6.20 Å². The fourth-order valence-electron chi connectivity index (χ4n) is 3.24. The van der Waals surface area contributed by atoms with Crippen molar-refractivity contribution in [3.63, 3.8) is 0 Å². The number of aromatic amines is 1. The highest BCUT2D eigenvalue weighted by molar-refractivity contribution is 6.33. The number of H-pyrrole nitrogens is 1. The molecule has 3 aromatic rings. The largest absolute Gasteiger partial charge is 0.359 e. The first-order valence-corrected chi connectivity index (χ1v) is 9.21. The van der Waals surface area contributed by atoms with E-state index >= 15 is 0 Å². The van der Waals surface area contributed by atoms with Crippen LogP contribution < -0.4 is 15.5 Å². The van der Waals surface area contributed by atoms with Crippen LogP contribution in [0.2, 0.25) is 5.02 Å². The maximum absolute atomic E-state index is 13.3. The van der Waals surface area contributed by atoms with Gasteiger partial charge in [0.05, 0.1) is 22.6 Å². The molecule has 0 bridgehead atoms. The van der Waals surface area contributed by atoms with E-state index in [1.807, 2.05) is 24.3 Å². The molecule has 0 aliphatic carbocycles. The number of halogens is 3. The number of alkyl halides is 2. The van der Waals surface area contributed by atoms with E-state index in [0.717, 1.165) is 10.9 Å². The summed E-state index contributed by atoms with van der Waals surface area (Å²) in [6.07, 6.45) is 2.73. The Bertz CT molecular complexity index is 1010. The molecule has 146 valence electrons. The second-order valence-electron chi connectivity index (χ2n) is 6.70. The molecule has 4 rings (SSSR count). The number of hydrogen-bond donors (Lipinski definition) is 3. The molecule has 3 N–H and O–H groups in total. The maximum Gasteiger partial charge on any atom is 0.323 e. The Morgan fingerprint density at radius 2 is 1.96 bits per heavy atom. The monoisotopic (exact) mass is 405 g/mol. The van der Waals surface area contributed by atoms with Gasteiger partial charge in [0, 0.05) is 43.0 Å². The summed E-state index contributed by atoms with van der Waals surface area (Å²) in [5.41, 5.74) is 1.98. The van der Waals surface area contributed by atoms with Crippen LogP contribution in [0.3, 0.4) is 0 Å². The first-order chi connectivity index (χ1) is 13.4. The molecule has 0 atom stereocenters. The zero-order chi connectivity index (χ0) is 19.7. The number of piperidine rings is 1. The molecule has 0 saturated carbocycles. The number of nitrogens with zero attached hydrogens (tertiary/aromatic N) is 2. The fourth-order valence-corrected chi connectivity index (χ4v) is 3.52. The van der Waals surface area contributed by atoms with Crippen LogP contribution in [0.1, 0.15) is 12.8 Å². The second-order valence-corrected chi connectivity index (χ2v) is 7.11. The molecule has 1 aromatic carbocycles. The molecule has 9 heteroatoms. The van der Waals surface area contributed by atoms with Gasteiger partial charge in [-0.1, -0.05) is 29.8 Å². The molecule has 2 aromatic heterocycles. The van der Waals surface area contributed by atoms with Crippen LogP contribution >= 0.6 is 11.6 Å². The third kappa shape index (κ3) is 3.87. The minimum Gasteiger partial charge on any atom is -0.359 e. The molecule has 28 heavy (non-hydrogen) atoms. The van der Waals surface area contributed by atoms with Crippen LogP contribution in [-0.4, -0.2) is 35.0 Å². The first-order valence-electron chi connectivity index (χ1n) is 8.84. The van der Waals surface area contributed by atoms with Gasteiger partial charge >= 0.3 is 6.03 Å². The van der Waals surface area contributed by atoms with Crippen molar-refractivity contribution in [2.24, 2.45) is 0 Å². The van der Waals surface area contributed by atoms with Crippen LogP contribution in [-0.2, 0) is 0 Å². The van der Waals surface area contributed by atoms with Gasteiger partial charge in [-0.3, -0.25) is 0 Å². The minimum absolute atomic E-state index is 0.188. The fraction of sp³-hybridized carbons (Fsp3) is 0.263. The Kier molecular flexibility index (Phi) is 4.80. The lowest BCUT2D eigenvalue weighted by molar-refractivity contribution is -0.0221. The highest BCUT2D eigenvalue weighted by Crippen LogP contribution is 2.33. The molecule has 0 spiro atoms. The molecule has 0 unspecified atom stereocenters. The highest BCUT2D eigenvalue weighted by atomic mass is 35.5. The molecular weight excluding hydrogens is 388 g/mol. The summed E-state index contributed by atoms with van der Waals surface area (Å²) in [6, 6.07) is 8.73. The Morgan fingerprint density at radius 1 is 1.21 bits per heavy atom. The quantitative estimate of drug-likeness (QED) is 0.568. The molecule has 0 radical (unpaired) electrons. The minimum atomic E-state index is -2.63. The summed E-state index contributed by atoms with van der Waals surface area (Å²) in [4.78, 5) is 21.4. The van der Waals surface area contributed by atoms with Crippen molar-refractivity contribution < 1.29 is 13.6 Å². The van der Waals surface area contributed by atoms with E-state index in [4.69, 9.17) is 11.6 Å². The number of urea groups is 1. The van der Waals surface area contributed by atoms with E-state index in [0.29, 0.717) is 22.2 Å². The molecular formula is C19H18ClF2N5O. The molecule has 3 heterocycles. The first kappa shape index (κ1) is 18.5. The number of benzene rings is 1. The number of amides is 2. The van der Waals surface area contributed by atoms with Gasteiger partial charge in [-0.2, -0.15) is 0 Å². The number of nitrogens with one attached hydrogen (secondary N) is 3. The summed E-state index contributed by atoms with van der Waals surface area (Å²) in [5, 5.41) is 6.65. The van der Waals surface area contributed by atoms with E-state index in [2.05, 4.69) is 20.6 Å². The van der Waals surface area contributed by atoms with Crippen molar-refractivity contribution in [1.82, 2.24) is 9.97 Å².